The van der Waals surface area contributed by atoms with Crippen molar-refractivity contribution in [2.75, 3.05) is 0 Å². The maximum absolute atomic E-state index is 12.9. The molecule has 140 valence electrons. The van der Waals surface area contributed by atoms with Gasteiger partial charge in [-0.2, -0.15) is 5.10 Å². The van der Waals surface area contributed by atoms with Gasteiger partial charge in [-0.3, -0.25) is 4.79 Å². The zero-order chi connectivity index (χ0) is 19.7. The van der Waals surface area contributed by atoms with E-state index in [-0.39, 0.29) is 5.91 Å². The number of halogens is 1. The predicted octanol–water partition coefficient (Wildman–Crippen LogP) is 6.25. The van der Waals surface area contributed by atoms with Crippen molar-refractivity contribution in [1.82, 2.24) is 10.4 Å². The zero-order valence-corrected chi connectivity index (χ0v) is 18.4. The van der Waals surface area contributed by atoms with Crippen LogP contribution in [0.1, 0.15) is 27.0 Å². The van der Waals surface area contributed by atoms with E-state index in [4.69, 9.17) is 4.98 Å². The van der Waals surface area contributed by atoms with Gasteiger partial charge in [0, 0.05) is 10.3 Å². The molecule has 7 heteroatoms. The lowest BCUT2D eigenvalue weighted by molar-refractivity contribution is 0.0956. The summed E-state index contributed by atoms with van der Waals surface area (Å²) in [5.41, 5.74) is 5.61. The lowest BCUT2D eigenvalue weighted by atomic mass is 10.1. The highest BCUT2D eigenvalue weighted by Crippen LogP contribution is 2.30. The van der Waals surface area contributed by atoms with Crippen molar-refractivity contribution in [3.8, 4) is 10.6 Å². The maximum atomic E-state index is 12.9. The van der Waals surface area contributed by atoms with E-state index >= 15 is 0 Å². The first-order valence-corrected chi connectivity index (χ1v) is 11.0. The molecule has 0 aliphatic heterocycles. The van der Waals surface area contributed by atoms with Gasteiger partial charge < -0.3 is 0 Å². The highest BCUT2D eigenvalue weighted by Gasteiger charge is 2.14. The van der Waals surface area contributed by atoms with Gasteiger partial charge in [-0.1, -0.05) is 18.2 Å². The van der Waals surface area contributed by atoms with Crippen LogP contribution in [0.5, 0.6) is 0 Å². The molecule has 4 nitrogen and oxygen atoms in total. The largest absolute Gasteiger partial charge is 0.272 e. The average molecular weight is 470 g/mol. The van der Waals surface area contributed by atoms with Gasteiger partial charge in [-0.05, 0) is 66.2 Å². The van der Waals surface area contributed by atoms with Gasteiger partial charge >= 0.3 is 0 Å². The lowest BCUT2D eigenvalue weighted by Gasteiger charge is -2.08. The van der Waals surface area contributed by atoms with Crippen molar-refractivity contribution in [3.05, 3.63) is 73.7 Å². The molecule has 1 aromatic carbocycles. The maximum Gasteiger partial charge on any atom is 0.272 e. The number of aryl methyl sites for hydroxylation is 1. The molecule has 1 N–H and O–H groups in total. The van der Waals surface area contributed by atoms with Gasteiger partial charge in [-0.15, -0.1) is 22.7 Å². The molecule has 0 aliphatic rings. The SMILES string of the molecule is C/C(=N/NC(=O)c1cc(-c2ccc(C)s2)nc2ccccc12)c1ccc(Br)s1. The number of carbonyl (C=O) groups excluding carboxylic acids is 1. The van der Waals surface area contributed by atoms with E-state index in [0.29, 0.717) is 5.56 Å². The van der Waals surface area contributed by atoms with E-state index in [1.165, 1.54) is 4.88 Å². The fourth-order valence-electron chi connectivity index (χ4n) is 2.82. The summed E-state index contributed by atoms with van der Waals surface area (Å²) in [6.45, 7) is 3.94. The number of amides is 1. The van der Waals surface area contributed by atoms with E-state index in [9.17, 15) is 4.79 Å². The minimum absolute atomic E-state index is 0.247. The van der Waals surface area contributed by atoms with Crippen LogP contribution in [-0.2, 0) is 0 Å². The molecule has 3 heterocycles. The monoisotopic (exact) mass is 469 g/mol. The molecule has 0 atom stereocenters. The average Bonchev–Trinajstić information content (AvgIpc) is 3.33. The Hall–Kier alpha value is -2.35. The van der Waals surface area contributed by atoms with Crippen LogP contribution in [-0.4, -0.2) is 16.6 Å². The van der Waals surface area contributed by atoms with E-state index in [1.807, 2.05) is 55.5 Å². The van der Waals surface area contributed by atoms with Crippen molar-refractivity contribution in [2.45, 2.75) is 13.8 Å². The number of hydrogen-bond acceptors (Lipinski definition) is 5. The quantitative estimate of drug-likeness (QED) is 0.283. The van der Waals surface area contributed by atoms with Gasteiger partial charge in [0.25, 0.3) is 5.91 Å². The number of rotatable bonds is 4. The second kappa shape index (κ2) is 7.95. The van der Waals surface area contributed by atoms with Gasteiger partial charge in [0.1, 0.15) is 0 Å². The van der Waals surface area contributed by atoms with Gasteiger partial charge in [0.15, 0.2) is 0 Å². The number of hydrazone groups is 1. The normalized spacial score (nSPS) is 11.8. The Labute approximate surface area is 179 Å². The summed E-state index contributed by atoms with van der Waals surface area (Å²) < 4.78 is 1.03. The van der Waals surface area contributed by atoms with Crippen LogP contribution < -0.4 is 5.43 Å². The molecule has 0 saturated heterocycles. The lowest BCUT2D eigenvalue weighted by Crippen LogP contribution is -2.19. The summed E-state index contributed by atoms with van der Waals surface area (Å²) in [7, 11) is 0. The Kier molecular flexibility index (Phi) is 5.39. The van der Waals surface area contributed by atoms with Gasteiger partial charge in [-0.25, -0.2) is 10.4 Å². The Morgan fingerprint density at radius 1 is 1.11 bits per heavy atom. The molecular formula is C21H16BrN3OS2. The first-order chi connectivity index (χ1) is 13.5. The molecule has 0 unspecified atom stereocenters. The highest BCUT2D eigenvalue weighted by atomic mass is 79.9. The number of thiophene rings is 2. The summed E-state index contributed by atoms with van der Waals surface area (Å²) in [5, 5.41) is 5.10. The number of benzene rings is 1. The molecule has 1 amide bonds. The summed E-state index contributed by atoms with van der Waals surface area (Å²) in [6, 6.07) is 17.5. The summed E-state index contributed by atoms with van der Waals surface area (Å²) in [6.07, 6.45) is 0. The van der Waals surface area contributed by atoms with E-state index in [0.717, 1.165) is 35.8 Å². The summed E-state index contributed by atoms with van der Waals surface area (Å²) in [4.78, 5) is 20.9. The predicted molar refractivity (Wildman–Crippen MR) is 121 cm³/mol. The number of nitrogens with one attached hydrogen (secondary N) is 1. The second-order valence-corrected chi connectivity index (χ2v) is 9.98. The van der Waals surface area contributed by atoms with Crippen LogP contribution >= 0.6 is 38.6 Å². The van der Waals surface area contributed by atoms with Crippen LogP contribution in [0.25, 0.3) is 21.5 Å². The molecule has 3 aromatic heterocycles. The fraction of sp³-hybridized carbons (Fsp3) is 0.0952. The van der Waals surface area contributed by atoms with E-state index < -0.39 is 0 Å². The van der Waals surface area contributed by atoms with Crippen molar-refractivity contribution < 1.29 is 4.79 Å². The number of para-hydroxylation sites is 1. The third-order valence-electron chi connectivity index (χ3n) is 4.21. The van der Waals surface area contributed by atoms with E-state index in [2.05, 4.69) is 39.4 Å². The molecule has 28 heavy (non-hydrogen) atoms. The molecule has 0 fully saturated rings. The highest BCUT2D eigenvalue weighted by molar-refractivity contribution is 9.11. The van der Waals surface area contributed by atoms with Crippen LogP contribution in [0.4, 0.5) is 0 Å². The third kappa shape index (κ3) is 3.92. The molecule has 0 spiro atoms. The third-order valence-corrected chi connectivity index (χ3v) is 6.96. The minimum atomic E-state index is -0.247. The van der Waals surface area contributed by atoms with Crippen molar-refractivity contribution in [1.29, 1.82) is 0 Å². The fourth-order valence-corrected chi connectivity index (χ4v) is 4.98. The van der Waals surface area contributed by atoms with Crippen LogP contribution in [0, 0.1) is 6.92 Å². The molecule has 4 rings (SSSR count). The van der Waals surface area contributed by atoms with E-state index in [1.54, 1.807) is 22.7 Å². The number of carbonyl (C=O) groups is 1. The molecule has 4 aromatic rings. The minimum Gasteiger partial charge on any atom is -0.267 e. The van der Waals surface area contributed by atoms with Crippen LogP contribution in [0.3, 0.4) is 0 Å². The summed E-state index contributed by atoms with van der Waals surface area (Å²) >= 11 is 6.68. The molecule has 0 radical (unpaired) electrons. The number of hydrogen-bond donors (Lipinski definition) is 1. The zero-order valence-electron chi connectivity index (χ0n) is 15.2. The first kappa shape index (κ1) is 19.0. The molecule has 0 aliphatic carbocycles. The smallest absolute Gasteiger partial charge is 0.267 e. The Morgan fingerprint density at radius 3 is 2.64 bits per heavy atom. The number of aromatic nitrogens is 1. The van der Waals surface area contributed by atoms with Crippen LogP contribution in [0.2, 0.25) is 0 Å². The standard InChI is InChI=1S/C21H16BrN3OS2/c1-12-7-8-19(27-12)17-11-15(14-5-3-4-6-16(14)23-17)21(26)25-24-13(2)18-9-10-20(22)28-18/h3-11H,1-2H3,(H,25,26)/b24-13-. The van der Waals surface area contributed by atoms with Crippen molar-refractivity contribution in [2.24, 2.45) is 5.10 Å². The molecular weight excluding hydrogens is 454 g/mol. The Bertz CT molecular complexity index is 1210. The number of pyridine rings is 1. The molecule has 0 saturated carbocycles. The summed E-state index contributed by atoms with van der Waals surface area (Å²) in [5.74, 6) is -0.247. The first-order valence-electron chi connectivity index (χ1n) is 8.58. The Balaban J connectivity index is 1.71. The second-order valence-electron chi connectivity index (χ2n) is 6.22. The number of nitrogens with zero attached hydrogens (tertiary/aromatic N) is 2. The van der Waals surface area contributed by atoms with Crippen molar-refractivity contribution in [3.63, 3.8) is 0 Å². The van der Waals surface area contributed by atoms with Gasteiger partial charge in [0.2, 0.25) is 0 Å². The van der Waals surface area contributed by atoms with Gasteiger partial charge in [0.05, 0.1) is 36.0 Å². The number of fused-ring (bicyclic) bond motifs is 1. The van der Waals surface area contributed by atoms with Crippen molar-refractivity contribution >= 4 is 61.1 Å². The Morgan fingerprint density at radius 2 is 1.93 bits per heavy atom. The molecule has 0 bridgehead atoms. The van der Waals surface area contributed by atoms with Crippen LogP contribution in [0.15, 0.2) is 63.5 Å². The topological polar surface area (TPSA) is 54.4 Å².